The van der Waals surface area contributed by atoms with Crippen LogP contribution in [0.25, 0.3) is 11.0 Å². The Morgan fingerprint density at radius 2 is 1.57 bits per heavy atom. The molecule has 0 spiro atoms. The van der Waals surface area contributed by atoms with Crippen molar-refractivity contribution in [3.63, 3.8) is 0 Å². The molecule has 1 N–H and O–H groups in total. The first-order valence-electron chi connectivity index (χ1n) is 14.6. The van der Waals surface area contributed by atoms with Crippen molar-refractivity contribution in [2.75, 3.05) is 31.5 Å². The lowest BCUT2D eigenvalue weighted by Crippen LogP contribution is -2.42. The number of hydrogen-bond donors (Lipinski definition) is 1. The number of nitrogens with zero attached hydrogens (tertiary/aromatic N) is 5. The summed E-state index contributed by atoms with van der Waals surface area (Å²) in [5.41, 5.74) is 1.37. The largest absolute Gasteiger partial charge is 0.365 e. The number of benzene rings is 1. The molecule has 216 valence electrons. The topological polar surface area (TPSA) is 57.2 Å². The summed E-state index contributed by atoms with van der Waals surface area (Å²) in [7, 11) is 0. The first kappa shape index (κ1) is 28.7. The number of alkyl halides is 2. The molecule has 0 radical (unpaired) electrons. The first-order valence-corrected chi connectivity index (χ1v) is 14.6. The maximum absolute atomic E-state index is 15.6. The average Bonchev–Trinajstić information content (AvgIpc) is 2.96. The summed E-state index contributed by atoms with van der Waals surface area (Å²) in [5, 5.41) is 3.94. The number of pyridine rings is 1. The number of piperidine rings is 2. The van der Waals surface area contributed by atoms with Crippen LogP contribution in [0.4, 0.5) is 19.0 Å². The summed E-state index contributed by atoms with van der Waals surface area (Å²) in [6.45, 7) is 11.9. The van der Waals surface area contributed by atoms with Crippen molar-refractivity contribution < 1.29 is 13.2 Å². The van der Waals surface area contributed by atoms with Crippen LogP contribution in [0, 0.1) is 11.7 Å². The van der Waals surface area contributed by atoms with Gasteiger partial charge < -0.3 is 15.1 Å². The van der Waals surface area contributed by atoms with E-state index in [1.165, 1.54) is 18.5 Å². The molecule has 6 nitrogen and oxygen atoms in total. The number of aromatic nitrogens is 3. The van der Waals surface area contributed by atoms with E-state index in [1.54, 1.807) is 6.07 Å². The fourth-order valence-corrected chi connectivity index (χ4v) is 6.23. The molecular formula is C31H41F3N6. The van der Waals surface area contributed by atoms with Gasteiger partial charge in [0.25, 0.3) is 5.92 Å². The van der Waals surface area contributed by atoms with Crippen LogP contribution in [0.2, 0.25) is 0 Å². The molecular weight excluding hydrogens is 513 g/mol. The minimum atomic E-state index is -3.23. The number of hydrogen-bond acceptors (Lipinski definition) is 6. The molecule has 0 saturated carbocycles. The summed E-state index contributed by atoms with van der Waals surface area (Å²) in [6.07, 6.45) is 6.14. The lowest BCUT2D eigenvalue weighted by molar-refractivity contribution is -0.0900. The molecule has 2 aliphatic rings. The van der Waals surface area contributed by atoms with Crippen LogP contribution in [0.5, 0.6) is 0 Å². The molecule has 0 bridgehead atoms. The van der Waals surface area contributed by atoms with E-state index < -0.39 is 23.2 Å². The molecule has 4 heterocycles. The van der Waals surface area contributed by atoms with E-state index in [9.17, 15) is 0 Å². The maximum atomic E-state index is 15.6. The molecule has 0 aliphatic carbocycles. The van der Waals surface area contributed by atoms with Gasteiger partial charge in [0.15, 0.2) is 5.65 Å². The normalized spacial score (nSPS) is 18.7. The van der Waals surface area contributed by atoms with E-state index >= 15 is 13.2 Å². The highest BCUT2D eigenvalue weighted by Gasteiger charge is 2.45. The number of nitrogens with one attached hydrogen (secondary N) is 1. The van der Waals surface area contributed by atoms with Gasteiger partial charge in [-0.1, -0.05) is 18.2 Å². The SMILES string of the molecule is CC(C)N1CCC(c2cnc3ncnc(NCc4cccc(C(F)(F)C5CCN(C(C)C)CC5)c4F)c3c2)CC1. The minimum absolute atomic E-state index is 0.0324. The molecule has 2 saturated heterocycles. The van der Waals surface area contributed by atoms with Gasteiger partial charge in [0.05, 0.1) is 10.9 Å². The zero-order valence-corrected chi connectivity index (χ0v) is 24.0. The Morgan fingerprint density at radius 1 is 0.925 bits per heavy atom. The summed E-state index contributed by atoms with van der Waals surface area (Å²) in [5.74, 6) is -4.02. The van der Waals surface area contributed by atoms with E-state index in [1.807, 2.05) is 6.20 Å². The number of anilines is 1. The van der Waals surface area contributed by atoms with E-state index in [4.69, 9.17) is 0 Å². The molecule has 9 heteroatoms. The van der Waals surface area contributed by atoms with Gasteiger partial charge in [0.2, 0.25) is 0 Å². The van der Waals surface area contributed by atoms with Crippen LogP contribution >= 0.6 is 0 Å². The Balaban J connectivity index is 1.32. The maximum Gasteiger partial charge on any atom is 0.278 e. The molecule has 0 unspecified atom stereocenters. The van der Waals surface area contributed by atoms with Gasteiger partial charge in [-0.2, -0.15) is 0 Å². The molecule has 0 amide bonds. The van der Waals surface area contributed by atoms with Crippen LogP contribution < -0.4 is 5.32 Å². The summed E-state index contributed by atoms with van der Waals surface area (Å²) < 4.78 is 46.7. The fourth-order valence-electron chi connectivity index (χ4n) is 6.23. The highest BCUT2D eigenvalue weighted by atomic mass is 19.3. The predicted molar refractivity (Wildman–Crippen MR) is 153 cm³/mol. The van der Waals surface area contributed by atoms with Crippen molar-refractivity contribution in [1.82, 2.24) is 24.8 Å². The van der Waals surface area contributed by atoms with Gasteiger partial charge in [-0.15, -0.1) is 0 Å². The van der Waals surface area contributed by atoms with Crippen molar-refractivity contribution in [1.29, 1.82) is 0 Å². The lowest BCUT2D eigenvalue weighted by atomic mass is 9.85. The molecule has 1 aromatic carbocycles. The van der Waals surface area contributed by atoms with Crippen LogP contribution in [-0.4, -0.2) is 63.0 Å². The van der Waals surface area contributed by atoms with Crippen molar-refractivity contribution in [2.45, 2.75) is 83.8 Å². The van der Waals surface area contributed by atoms with Gasteiger partial charge in [-0.05, 0) is 97.1 Å². The summed E-state index contributed by atoms with van der Waals surface area (Å²) in [4.78, 5) is 18.0. The van der Waals surface area contributed by atoms with Crippen LogP contribution in [0.1, 0.15) is 76.0 Å². The van der Waals surface area contributed by atoms with Crippen molar-refractivity contribution in [2.24, 2.45) is 5.92 Å². The third-order valence-corrected chi connectivity index (χ3v) is 8.90. The van der Waals surface area contributed by atoms with Crippen LogP contribution in [0.15, 0.2) is 36.8 Å². The minimum Gasteiger partial charge on any atom is -0.365 e. The van der Waals surface area contributed by atoms with Gasteiger partial charge in [-0.3, -0.25) is 0 Å². The molecule has 0 atom stereocenters. The van der Waals surface area contributed by atoms with Crippen LogP contribution in [-0.2, 0) is 12.5 Å². The second kappa shape index (κ2) is 12.0. The fraction of sp³-hybridized carbons (Fsp3) is 0.581. The predicted octanol–water partition coefficient (Wildman–Crippen LogP) is 6.58. The highest BCUT2D eigenvalue weighted by molar-refractivity contribution is 5.86. The monoisotopic (exact) mass is 554 g/mol. The molecule has 2 aliphatic heterocycles. The third-order valence-electron chi connectivity index (χ3n) is 8.90. The van der Waals surface area contributed by atoms with Crippen molar-refractivity contribution >= 4 is 16.9 Å². The zero-order chi connectivity index (χ0) is 28.4. The Hall–Kier alpha value is -2.78. The van der Waals surface area contributed by atoms with E-state index in [0.29, 0.717) is 55.4 Å². The number of rotatable bonds is 8. The molecule has 40 heavy (non-hydrogen) atoms. The summed E-state index contributed by atoms with van der Waals surface area (Å²) >= 11 is 0. The Kier molecular flexibility index (Phi) is 8.61. The van der Waals surface area contributed by atoms with E-state index in [-0.39, 0.29) is 12.1 Å². The quantitative estimate of drug-likeness (QED) is 0.340. The van der Waals surface area contributed by atoms with Crippen molar-refractivity contribution in [3.8, 4) is 0 Å². The number of fused-ring (bicyclic) bond motifs is 1. The van der Waals surface area contributed by atoms with Gasteiger partial charge in [0, 0.05) is 36.3 Å². The Labute approximate surface area is 235 Å². The Bertz CT molecular complexity index is 1300. The molecule has 2 aromatic heterocycles. The molecule has 5 rings (SSSR count). The Morgan fingerprint density at radius 3 is 2.23 bits per heavy atom. The second-order valence-corrected chi connectivity index (χ2v) is 11.9. The number of likely N-dealkylation sites (tertiary alicyclic amines) is 2. The molecule has 3 aromatic rings. The van der Waals surface area contributed by atoms with E-state index in [2.05, 4.69) is 63.8 Å². The molecule has 2 fully saturated rings. The zero-order valence-electron chi connectivity index (χ0n) is 24.0. The average molecular weight is 555 g/mol. The third kappa shape index (κ3) is 5.96. The lowest BCUT2D eigenvalue weighted by Gasteiger charge is -2.38. The highest BCUT2D eigenvalue weighted by Crippen LogP contribution is 2.43. The second-order valence-electron chi connectivity index (χ2n) is 11.9. The number of halogens is 3. The van der Waals surface area contributed by atoms with E-state index in [0.717, 1.165) is 36.9 Å². The van der Waals surface area contributed by atoms with Gasteiger partial charge in [0.1, 0.15) is 18.0 Å². The van der Waals surface area contributed by atoms with Gasteiger partial charge >= 0.3 is 0 Å². The standard InChI is InChI=1S/C31H41F3N6/c1-20(2)39-12-8-22(9-13-39)24-16-26-29(37-19-38-30(26)36-18-24)35-17-23-6-5-7-27(28(23)32)31(33,34)25-10-14-40(15-11-25)21(3)4/h5-7,16,18-22,25H,8-15,17H2,1-4H3,(H,35,36,37,38). The van der Waals surface area contributed by atoms with Crippen LogP contribution in [0.3, 0.4) is 0 Å². The first-order chi connectivity index (χ1) is 19.1. The van der Waals surface area contributed by atoms with Gasteiger partial charge in [-0.25, -0.2) is 28.1 Å². The van der Waals surface area contributed by atoms with Crippen molar-refractivity contribution in [3.05, 3.63) is 59.3 Å². The summed E-state index contributed by atoms with van der Waals surface area (Å²) in [6, 6.07) is 7.24. The smallest absolute Gasteiger partial charge is 0.278 e.